The Labute approximate surface area is 555 Å². The fraction of sp³-hybridized carbons (Fsp3) is 0.444. The smallest absolute Gasteiger partial charge is 0.303 e. The van der Waals surface area contributed by atoms with E-state index in [1.54, 1.807) is 24.3 Å². The monoisotopic (exact) mass is 1320 g/mol. The van der Waals surface area contributed by atoms with Crippen LogP contribution < -0.4 is 9.47 Å². The lowest BCUT2D eigenvalue weighted by Gasteiger charge is -2.43. The van der Waals surface area contributed by atoms with Gasteiger partial charge in [0, 0.05) is 99.7 Å². The first-order valence-electron chi connectivity index (χ1n) is 32.4. The summed E-state index contributed by atoms with van der Waals surface area (Å²) in [5, 5.41) is 0. The van der Waals surface area contributed by atoms with Gasteiger partial charge >= 0.3 is 47.8 Å². The van der Waals surface area contributed by atoms with Gasteiger partial charge in [-0.3, -0.25) is 38.4 Å². The van der Waals surface area contributed by atoms with E-state index in [0.717, 1.165) is 160 Å². The van der Waals surface area contributed by atoms with Gasteiger partial charge in [-0.15, -0.1) is 0 Å². The molecule has 4 aliphatic rings. The minimum absolute atomic E-state index is 0.256. The predicted molar refractivity (Wildman–Crippen MR) is 351 cm³/mol. The fourth-order valence-corrected chi connectivity index (χ4v) is 12.1. The highest BCUT2D eigenvalue weighted by Gasteiger charge is 2.55. The third-order valence-corrected chi connectivity index (χ3v) is 16.2. The Kier molecular flexibility index (Phi) is 24.0. The molecule has 96 heavy (non-hydrogen) atoms. The van der Waals surface area contributed by atoms with E-state index in [-0.39, 0.29) is 11.5 Å². The lowest BCUT2D eigenvalue weighted by molar-refractivity contribution is -0.288. The third kappa shape index (κ3) is 18.0. The number of aromatic nitrogens is 4. The lowest BCUT2D eigenvalue weighted by atomic mass is 9.98. The number of ether oxygens (including phenoxy) is 12. The van der Waals surface area contributed by atoms with Gasteiger partial charge in [0.1, 0.15) is 36.9 Å². The standard InChI is InChI=1S/C72H82N4O20/c1-11-13-15-17-19-51-53-29-33-57(73-53)63(47-21-25-49(26-22-47)93-71-69(91-45(9)83)67(89-43(7)81)65(87-41(5)79)61(95-71)37-85-39(3)77)59-35-31-55(75-59)52(20-18-16-14-12-2)56-32-36-60(76-56)64(58-34-30-54(51)74-58)48-23-27-50(28-24-48)94-72-70(92-46(10)84)68(90-44(8)82)66(88-42(6)80)62(96-72)38-86-40(4)78/h21-36,61-62,65-73,76H,11-20,37-38H2,1-10H3/t61-,62?,65?,66-,67?,68?,69-,70?,71?,72-/m1/s1. The zero-order valence-electron chi connectivity index (χ0n) is 55.6. The molecule has 3 aromatic heterocycles. The van der Waals surface area contributed by atoms with Gasteiger partial charge in [0.15, 0.2) is 24.4 Å². The van der Waals surface area contributed by atoms with E-state index in [0.29, 0.717) is 24.2 Å². The maximum absolute atomic E-state index is 12.7. The van der Waals surface area contributed by atoms with Crippen molar-refractivity contribution in [3.05, 3.63) is 107 Å². The second kappa shape index (κ2) is 32.6. The van der Waals surface area contributed by atoms with Gasteiger partial charge in [0.25, 0.3) is 0 Å². The zero-order chi connectivity index (χ0) is 68.7. The molecular formula is C72H82N4O20. The molecule has 510 valence electrons. The van der Waals surface area contributed by atoms with Crippen LogP contribution in [-0.2, 0) is 98.6 Å². The Hall–Kier alpha value is -9.68. The van der Waals surface area contributed by atoms with Crippen molar-refractivity contribution in [2.75, 3.05) is 13.2 Å². The number of nitrogens with zero attached hydrogens (tertiary/aromatic N) is 2. The van der Waals surface area contributed by atoms with E-state index < -0.39 is 122 Å². The number of unbranched alkanes of at least 4 members (excludes halogenated alkanes) is 6. The summed E-state index contributed by atoms with van der Waals surface area (Å²) in [6.07, 6.45) is 3.60. The number of aryl methyl sites for hydroxylation is 2. The van der Waals surface area contributed by atoms with E-state index in [2.05, 4.69) is 35.9 Å². The van der Waals surface area contributed by atoms with E-state index in [9.17, 15) is 38.4 Å². The first-order chi connectivity index (χ1) is 46.1. The van der Waals surface area contributed by atoms with Crippen LogP contribution in [0.5, 0.6) is 11.5 Å². The van der Waals surface area contributed by atoms with Crippen molar-refractivity contribution in [1.29, 1.82) is 0 Å². The van der Waals surface area contributed by atoms with Crippen molar-refractivity contribution < 1.29 is 95.2 Å². The molecule has 6 unspecified atom stereocenters. The van der Waals surface area contributed by atoms with Gasteiger partial charge in [0.05, 0.1) is 22.8 Å². The van der Waals surface area contributed by atoms with Crippen LogP contribution in [0.25, 0.3) is 68.6 Å². The number of carbonyl (C=O) groups is 8. The minimum atomic E-state index is -1.46. The van der Waals surface area contributed by atoms with Gasteiger partial charge < -0.3 is 66.8 Å². The van der Waals surface area contributed by atoms with Crippen LogP contribution in [0.1, 0.15) is 155 Å². The number of hydrogen-bond acceptors (Lipinski definition) is 22. The molecule has 24 nitrogen and oxygen atoms in total. The van der Waals surface area contributed by atoms with Crippen molar-refractivity contribution in [2.45, 2.75) is 195 Å². The summed E-state index contributed by atoms with van der Waals surface area (Å²) in [5.41, 5.74) is 11.1. The number of rotatable bonds is 26. The number of benzene rings is 2. The average Bonchev–Trinajstić information content (AvgIpc) is 1.30. The summed E-state index contributed by atoms with van der Waals surface area (Å²) in [6.45, 7) is 12.8. The first kappa shape index (κ1) is 70.6. The Morgan fingerprint density at radius 2 is 0.698 bits per heavy atom. The highest BCUT2D eigenvalue weighted by atomic mass is 16.7. The summed E-state index contributed by atoms with van der Waals surface area (Å²) >= 11 is 0. The number of H-pyrrole nitrogens is 2. The average molecular weight is 1320 g/mol. The van der Waals surface area contributed by atoms with Crippen molar-refractivity contribution in [3.63, 3.8) is 0 Å². The normalized spacial score (nSPS) is 21.1. The van der Waals surface area contributed by atoms with Gasteiger partial charge in [-0.1, -0.05) is 76.6 Å². The molecule has 4 aliphatic heterocycles. The van der Waals surface area contributed by atoms with Crippen molar-refractivity contribution in [1.82, 2.24) is 19.9 Å². The number of carbonyl (C=O) groups excluding carboxylic acids is 8. The molecule has 0 amide bonds. The molecule has 2 saturated heterocycles. The second-order valence-electron chi connectivity index (χ2n) is 23.8. The van der Waals surface area contributed by atoms with Gasteiger partial charge in [-0.25, -0.2) is 9.97 Å². The van der Waals surface area contributed by atoms with Crippen LogP contribution >= 0.6 is 0 Å². The third-order valence-electron chi connectivity index (χ3n) is 16.2. The number of fused-ring (bicyclic) bond motifs is 8. The fourth-order valence-electron chi connectivity index (χ4n) is 12.1. The van der Waals surface area contributed by atoms with E-state index >= 15 is 0 Å². The quantitative estimate of drug-likeness (QED) is 0.0289. The van der Waals surface area contributed by atoms with Crippen LogP contribution in [0, 0.1) is 0 Å². The van der Waals surface area contributed by atoms with Crippen LogP contribution in [-0.4, -0.2) is 142 Å². The number of esters is 8. The molecule has 0 saturated carbocycles. The predicted octanol–water partition coefficient (Wildman–Crippen LogP) is 11.2. The maximum atomic E-state index is 12.7. The highest BCUT2D eigenvalue weighted by Crippen LogP contribution is 2.39. The van der Waals surface area contributed by atoms with Crippen molar-refractivity contribution in [3.8, 4) is 33.8 Å². The summed E-state index contributed by atoms with van der Waals surface area (Å²) in [7, 11) is 0. The summed E-state index contributed by atoms with van der Waals surface area (Å²) in [4.78, 5) is 118. The van der Waals surface area contributed by atoms with Crippen molar-refractivity contribution in [2.24, 2.45) is 0 Å². The van der Waals surface area contributed by atoms with Crippen LogP contribution in [0.2, 0.25) is 0 Å². The number of aromatic amines is 2. The van der Waals surface area contributed by atoms with E-state index in [4.69, 9.17) is 66.8 Å². The summed E-state index contributed by atoms with van der Waals surface area (Å²) < 4.78 is 69.8. The molecule has 0 aliphatic carbocycles. The SMILES string of the molecule is CCCCCCc1c2nc(c(-c3ccc(O[C@@H]4OC(COC(C)=O)[C@@H](OC(C)=O)C(OC(C)=O)C4OC(C)=O)cc3)c3ccc([nH]3)c(CCCCCC)c3nc(c(-c4ccc(OC5O[C@H](COC(C)=O)C(OC(C)=O)C(OC(C)=O)[C@H]5OC(C)=O)cc4)c4ccc1[nH]4)C=C3)C=C2. The molecule has 2 fully saturated rings. The molecule has 2 aromatic carbocycles. The largest absolute Gasteiger partial charge is 0.463 e. The Bertz CT molecular complexity index is 3660. The van der Waals surface area contributed by atoms with Gasteiger partial charge in [-0.2, -0.15) is 0 Å². The molecule has 7 heterocycles. The molecule has 10 atom stereocenters. The molecule has 0 radical (unpaired) electrons. The van der Waals surface area contributed by atoms with E-state index in [1.807, 2.05) is 60.7 Å². The van der Waals surface area contributed by atoms with Crippen molar-refractivity contribution >= 4 is 94.1 Å². The zero-order valence-corrected chi connectivity index (χ0v) is 55.6. The molecule has 8 bridgehead atoms. The molecular weight excluding hydrogens is 1240 g/mol. The number of hydrogen-bond donors (Lipinski definition) is 2. The Balaban J connectivity index is 1.16. The molecule has 0 spiro atoms. The van der Waals surface area contributed by atoms with E-state index in [1.165, 1.54) is 13.8 Å². The topological polar surface area (TPSA) is 305 Å². The van der Waals surface area contributed by atoms with Crippen LogP contribution in [0.4, 0.5) is 0 Å². The first-order valence-corrected chi connectivity index (χ1v) is 32.4. The Morgan fingerprint density at radius 3 is 1.03 bits per heavy atom. The van der Waals surface area contributed by atoms with Gasteiger partial charge in [0.2, 0.25) is 24.8 Å². The summed E-state index contributed by atoms with van der Waals surface area (Å²) in [6, 6.07) is 22.5. The van der Waals surface area contributed by atoms with Gasteiger partial charge in [-0.05, 0) is 110 Å². The molecule has 9 rings (SSSR count). The molecule has 24 heteroatoms. The lowest BCUT2D eigenvalue weighted by Crippen LogP contribution is -2.63. The minimum Gasteiger partial charge on any atom is -0.463 e. The van der Waals surface area contributed by atoms with Crippen LogP contribution in [0.3, 0.4) is 0 Å². The Morgan fingerprint density at radius 1 is 0.375 bits per heavy atom. The highest BCUT2D eigenvalue weighted by molar-refractivity contribution is 5.94. The second-order valence-corrected chi connectivity index (χ2v) is 23.8. The van der Waals surface area contributed by atoms with Crippen LogP contribution in [0.15, 0.2) is 72.8 Å². The summed E-state index contributed by atoms with van der Waals surface area (Å²) in [5.74, 6) is -5.37. The molecule has 2 N–H and O–H groups in total. The molecule has 5 aromatic rings. The maximum Gasteiger partial charge on any atom is 0.303 e. The number of nitrogens with one attached hydrogen (secondary N) is 2.